The van der Waals surface area contributed by atoms with E-state index in [1.807, 2.05) is 20.8 Å². The first-order chi connectivity index (χ1) is 13.1. The molecule has 1 aromatic rings. The SMILES string of the molecule is CCc1ccc(C2C(C(=O)OC(C)C)=C(C)NC3=CC(C)(C)CC(=O)C32)cc1. The molecule has 150 valence electrons. The number of allylic oxidation sites excluding steroid dienone is 3. The number of ether oxygens (including phenoxy) is 1. The highest BCUT2D eigenvalue weighted by Gasteiger charge is 2.46. The maximum Gasteiger partial charge on any atom is 0.336 e. The Labute approximate surface area is 168 Å². The van der Waals surface area contributed by atoms with Gasteiger partial charge in [0.25, 0.3) is 0 Å². The number of rotatable bonds is 4. The van der Waals surface area contributed by atoms with Crippen LogP contribution in [0.4, 0.5) is 0 Å². The number of ketones is 1. The Bertz CT molecular complexity index is 843. The minimum atomic E-state index is -0.376. The van der Waals surface area contributed by atoms with Crippen molar-refractivity contribution in [1.82, 2.24) is 5.32 Å². The number of aryl methyl sites for hydroxylation is 1. The summed E-state index contributed by atoms with van der Waals surface area (Å²) in [5.74, 6) is -0.879. The van der Waals surface area contributed by atoms with Crippen LogP contribution >= 0.6 is 0 Å². The van der Waals surface area contributed by atoms with Crippen molar-refractivity contribution < 1.29 is 14.3 Å². The Kier molecular flexibility index (Phi) is 5.51. The summed E-state index contributed by atoms with van der Waals surface area (Å²) in [5, 5.41) is 3.35. The van der Waals surface area contributed by atoms with Gasteiger partial charge in [-0.3, -0.25) is 4.79 Å². The molecular weight excluding hydrogens is 350 g/mol. The lowest BCUT2D eigenvalue weighted by Crippen LogP contribution is -2.43. The summed E-state index contributed by atoms with van der Waals surface area (Å²) in [4.78, 5) is 26.2. The molecule has 1 aliphatic heterocycles. The van der Waals surface area contributed by atoms with E-state index in [-0.39, 0.29) is 35.1 Å². The lowest BCUT2D eigenvalue weighted by molar-refractivity contribution is -0.143. The van der Waals surface area contributed by atoms with Crippen LogP contribution in [0.3, 0.4) is 0 Å². The summed E-state index contributed by atoms with van der Waals surface area (Å²) in [6, 6.07) is 8.27. The van der Waals surface area contributed by atoms with Crippen LogP contribution in [0.5, 0.6) is 0 Å². The van der Waals surface area contributed by atoms with Crippen LogP contribution < -0.4 is 5.32 Å². The number of Topliss-reactive ketones (excluding diaryl/α,β-unsaturated/α-hetero) is 1. The minimum Gasteiger partial charge on any atom is -0.460 e. The van der Waals surface area contributed by atoms with Crippen LogP contribution in [-0.2, 0) is 20.7 Å². The average molecular weight is 382 g/mol. The fourth-order valence-electron chi connectivity index (χ4n) is 4.33. The first kappa shape index (κ1) is 20.4. The van der Waals surface area contributed by atoms with Gasteiger partial charge in [0, 0.05) is 23.7 Å². The number of esters is 1. The largest absolute Gasteiger partial charge is 0.460 e. The van der Waals surface area contributed by atoms with Gasteiger partial charge in [-0.25, -0.2) is 4.79 Å². The predicted molar refractivity (Wildman–Crippen MR) is 111 cm³/mol. The molecule has 0 bridgehead atoms. The number of fused-ring (bicyclic) bond motifs is 1. The molecule has 0 fully saturated rings. The fourth-order valence-corrected chi connectivity index (χ4v) is 4.33. The molecule has 0 radical (unpaired) electrons. The molecule has 28 heavy (non-hydrogen) atoms. The molecule has 0 aromatic heterocycles. The Morgan fingerprint density at radius 1 is 1.21 bits per heavy atom. The molecule has 4 nitrogen and oxygen atoms in total. The third-order valence-corrected chi connectivity index (χ3v) is 5.55. The normalized spacial score (nSPS) is 23.8. The summed E-state index contributed by atoms with van der Waals surface area (Å²) >= 11 is 0. The van der Waals surface area contributed by atoms with Crippen LogP contribution in [0.25, 0.3) is 0 Å². The zero-order valence-electron chi connectivity index (χ0n) is 17.8. The van der Waals surface area contributed by atoms with Crippen molar-refractivity contribution in [2.75, 3.05) is 0 Å². The van der Waals surface area contributed by atoms with E-state index < -0.39 is 0 Å². The van der Waals surface area contributed by atoms with E-state index >= 15 is 0 Å². The number of carbonyl (C=O) groups excluding carboxylic acids is 2. The summed E-state index contributed by atoms with van der Waals surface area (Å²) in [7, 11) is 0. The molecule has 4 heteroatoms. The topological polar surface area (TPSA) is 55.4 Å². The van der Waals surface area contributed by atoms with E-state index in [0.29, 0.717) is 12.0 Å². The van der Waals surface area contributed by atoms with Crippen LogP contribution in [0, 0.1) is 11.3 Å². The van der Waals surface area contributed by atoms with E-state index in [9.17, 15) is 9.59 Å². The van der Waals surface area contributed by atoms with Gasteiger partial charge in [0.15, 0.2) is 0 Å². The number of nitrogens with one attached hydrogen (secondary N) is 1. The van der Waals surface area contributed by atoms with Gasteiger partial charge < -0.3 is 10.1 Å². The molecule has 0 spiro atoms. The first-order valence-corrected chi connectivity index (χ1v) is 10.2. The van der Waals surface area contributed by atoms with E-state index in [1.165, 1.54) is 5.56 Å². The lowest BCUT2D eigenvalue weighted by atomic mass is 9.66. The number of benzene rings is 1. The minimum absolute atomic E-state index is 0.168. The molecule has 2 aliphatic rings. The molecule has 3 rings (SSSR count). The number of hydrogen-bond acceptors (Lipinski definition) is 4. The zero-order chi connectivity index (χ0) is 20.6. The molecule has 0 saturated carbocycles. The second-order valence-corrected chi connectivity index (χ2v) is 8.90. The third kappa shape index (κ3) is 3.91. The quantitative estimate of drug-likeness (QED) is 0.771. The fraction of sp³-hybridized carbons (Fsp3) is 0.500. The number of carbonyl (C=O) groups is 2. The molecule has 1 aromatic carbocycles. The van der Waals surface area contributed by atoms with Crippen molar-refractivity contribution in [3.05, 3.63) is 58.4 Å². The Morgan fingerprint density at radius 3 is 2.43 bits per heavy atom. The van der Waals surface area contributed by atoms with Gasteiger partial charge in [-0.15, -0.1) is 0 Å². The van der Waals surface area contributed by atoms with Gasteiger partial charge in [0.2, 0.25) is 0 Å². The standard InChI is InChI=1S/C24H31NO3/c1-7-16-8-10-17(11-9-16)21-20(23(27)28-14(2)3)15(4)25-18-12-24(5,6)13-19(26)22(18)21/h8-12,14,21-22,25H,7,13H2,1-6H3. The zero-order valence-corrected chi connectivity index (χ0v) is 17.8. The Balaban J connectivity index is 2.15. The van der Waals surface area contributed by atoms with Crippen molar-refractivity contribution >= 4 is 11.8 Å². The smallest absolute Gasteiger partial charge is 0.336 e. The number of hydrogen-bond donors (Lipinski definition) is 1. The summed E-state index contributed by atoms with van der Waals surface area (Å²) in [6.45, 7) is 11.8. The van der Waals surface area contributed by atoms with E-state index in [2.05, 4.69) is 56.4 Å². The van der Waals surface area contributed by atoms with Crippen LogP contribution in [0.2, 0.25) is 0 Å². The van der Waals surface area contributed by atoms with Crippen molar-refractivity contribution in [3.63, 3.8) is 0 Å². The lowest BCUT2D eigenvalue weighted by Gasteiger charge is -2.41. The molecular formula is C24H31NO3. The maximum atomic E-state index is 13.2. The predicted octanol–water partition coefficient (Wildman–Crippen LogP) is 4.66. The molecule has 2 unspecified atom stereocenters. The van der Waals surface area contributed by atoms with Crippen molar-refractivity contribution in [1.29, 1.82) is 0 Å². The van der Waals surface area contributed by atoms with Gasteiger partial charge in [-0.05, 0) is 43.7 Å². The second-order valence-electron chi connectivity index (χ2n) is 8.90. The summed E-state index contributed by atoms with van der Waals surface area (Å²) < 4.78 is 5.55. The highest BCUT2D eigenvalue weighted by molar-refractivity contribution is 5.96. The van der Waals surface area contributed by atoms with Crippen molar-refractivity contribution in [2.24, 2.45) is 11.3 Å². The Morgan fingerprint density at radius 2 is 1.86 bits per heavy atom. The molecule has 1 N–H and O–H groups in total. The van der Waals surface area contributed by atoms with Gasteiger partial charge >= 0.3 is 5.97 Å². The average Bonchev–Trinajstić information content (AvgIpc) is 2.58. The Hall–Kier alpha value is -2.36. The molecule has 0 saturated heterocycles. The van der Waals surface area contributed by atoms with Gasteiger partial charge in [-0.2, -0.15) is 0 Å². The van der Waals surface area contributed by atoms with Crippen LogP contribution in [-0.4, -0.2) is 17.9 Å². The van der Waals surface area contributed by atoms with Crippen molar-refractivity contribution in [3.8, 4) is 0 Å². The third-order valence-electron chi connectivity index (χ3n) is 5.55. The van der Waals surface area contributed by atoms with Crippen LogP contribution in [0.15, 0.2) is 47.3 Å². The summed E-state index contributed by atoms with van der Waals surface area (Å²) in [6.07, 6.45) is 3.36. The van der Waals surface area contributed by atoms with Gasteiger partial charge in [0.1, 0.15) is 5.78 Å². The maximum absolute atomic E-state index is 13.2. The molecule has 0 amide bonds. The monoisotopic (exact) mass is 381 g/mol. The second kappa shape index (κ2) is 7.57. The highest BCUT2D eigenvalue weighted by atomic mass is 16.5. The first-order valence-electron chi connectivity index (χ1n) is 10.2. The van der Waals surface area contributed by atoms with Gasteiger partial charge in [-0.1, -0.05) is 51.1 Å². The summed E-state index contributed by atoms with van der Waals surface area (Å²) in [5.41, 5.74) is 4.26. The van der Waals surface area contributed by atoms with Gasteiger partial charge in [0.05, 0.1) is 17.6 Å². The molecule has 2 atom stereocenters. The highest BCUT2D eigenvalue weighted by Crippen LogP contribution is 2.47. The van der Waals surface area contributed by atoms with E-state index in [1.54, 1.807) is 0 Å². The van der Waals surface area contributed by atoms with Crippen molar-refractivity contribution in [2.45, 2.75) is 66.4 Å². The van der Waals surface area contributed by atoms with E-state index in [4.69, 9.17) is 4.74 Å². The van der Waals surface area contributed by atoms with Crippen LogP contribution in [0.1, 0.15) is 65.0 Å². The van der Waals surface area contributed by atoms with E-state index in [0.717, 1.165) is 23.4 Å². The molecule has 1 aliphatic carbocycles. The molecule has 1 heterocycles.